The molecule has 0 aliphatic heterocycles. The Morgan fingerprint density at radius 1 is 1.20 bits per heavy atom. The largest absolute Gasteiger partial charge is 0.429 e. The van der Waals surface area contributed by atoms with Crippen LogP contribution in [-0.4, -0.2) is 9.91 Å². The molecule has 0 unspecified atom stereocenters. The van der Waals surface area contributed by atoms with Gasteiger partial charge in [-0.1, -0.05) is 0 Å². The fourth-order valence-electron chi connectivity index (χ4n) is 1.32. The first-order valence-corrected chi connectivity index (χ1v) is 6.59. The molecule has 2 aromatic rings. The highest BCUT2D eigenvalue weighted by Gasteiger charge is 2.21. The Labute approximate surface area is 128 Å². The normalized spacial score (nSPS) is 10.4. The maximum absolute atomic E-state index is 13.6. The summed E-state index contributed by atoms with van der Waals surface area (Å²) < 4.78 is 32.2. The predicted molar refractivity (Wildman–Crippen MR) is 72.7 cm³/mol. The minimum Gasteiger partial charge on any atom is -0.429 e. The zero-order valence-electron chi connectivity index (χ0n) is 9.44. The van der Waals surface area contributed by atoms with Crippen LogP contribution in [0.4, 0.5) is 14.5 Å². The molecule has 0 amide bonds. The Balaban J connectivity index is 2.47. The molecule has 104 valence electrons. The molecule has 5 nitrogen and oxygen atoms in total. The fourth-order valence-corrected chi connectivity index (χ4v) is 1.96. The molecule has 0 aliphatic rings. The van der Waals surface area contributed by atoms with Crippen LogP contribution in [0.5, 0.6) is 11.6 Å². The minimum absolute atomic E-state index is 0.0965. The van der Waals surface area contributed by atoms with Crippen LogP contribution < -0.4 is 4.74 Å². The number of pyridine rings is 1. The molecular weight excluding hydrogens is 406 g/mol. The van der Waals surface area contributed by atoms with Gasteiger partial charge in [0, 0.05) is 22.8 Å². The molecule has 0 fully saturated rings. The van der Waals surface area contributed by atoms with Gasteiger partial charge in [0.2, 0.25) is 5.75 Å². The lowest BCUT2D eigenvalue weighted by atomic mass is 10.3. The number of aromatic nitrogens is 1. The Morgan fingerprint density at radius 3 is 2.50 bits per heavy atom. The fraction of sp³-hybridized carbons (Fsp3) is 0. The standard InChI is InChI=1S/C11H4Br2F2N2O3/c12-5-1-8(15)11(16-4-5)20-10-3-7(14)6(13)2-9(10)17(18)19/h1-4H. The first-order valence-electron chi connectivity index (χ1n) is 5.01. The van der Waals surface area contributed by atoms with E-state index in [1.807, 2.05) is 0 Å². The van der Waals surface area contributed by atoms with Gasteiger partial charge >= 0.3 is 5.69 Å². The van der Waals surface area contributed by atoms with Crippen molar-refractivity contribution in [2.45, 2.75) is 0 Å². The van der Waals surface area contributed by atoms with Gasteiger partial charge in [-0.3, -0.25) is 10.1 Å². The average Bonchev–Trinajstić information content (AvgIpc) is 2.36. The second-order valence-electron chi connectivity index (χ2n) is 3.53. The summed E-state index contributed by atoms with van der Waals surface area (Å²) in [5.74, 6) is -2.54. The topological polar surface area (TPSA) is 65.3 Å². The Bertz CT molecular complexity index is 698. The van der Waals surface area contributed by atoms with Gasteiger partial charge in [0.25, 0.3) is 5.88 Å². The molecule has 9 heteroatoms. The van der Waals surface area contributed by atoms with E-state index in [9.17, 15) is 18.9 Å². The number of rotatable bonds is 3. The third-order valence-electron chi connectivity index (χ3n) is 2.18. The molecule has 0 atom stereocenters. The van der Waals surface area contributed by atoms with E-state index < -0.39 is 33.9 Å². The molecule has 0 spiro atoms. The lowest BCUT2D eigenvalue weighted by Gasteiger charge is -2.07. The van der Waals surface area contributed by atoms with Crippen molar-refractivity contribution in [2.24, 2.45) is 0 Å². The lowest BCUT2D eigenvalue weighted by molar-refractivity contribution is -0.385. The summed E-state index contributed by atoms with van der Waals surface area (Å²) in [5.41, 5.74) is -0.512. The van der Waals surface area contributed by atoms with E-state index in [1.54, 1.807) is 0 Å². The second kappa shape index (κ2) is 5.80. The Kier molecular flexibility index (Phi) is 4.29. The third kappa shape index (κ3) is 3.10. The zero-order chi connectivity index (χ0) is 14.9. The van der Waals surface area contributed by atoms with E-state index in [2.05, 4.69) is 36.8 Å². The molecule has 0 radical (unpaired) electrons. The van der Waals surface area contributed by atoms with E-state index in [0.717, 1.165) is 18.2 Å². The van der Waals surface area contributed by atoms with Crippen LogP contribution in [-0.2, 0) is 0 Å². The van der Waals surface area contributed by atoms with Gasteiger partial charge in [0.05, 0.1) is 9.40 Å². The molecule has 1 aromatic carbocycles. The van der Waals surface area contributed by atoms with Gasteiger partial charge in [0.1, 0.15) is 5.82 Å². The Hall–Kier alpha value is -1.61. The van der Waals surface area contributed by atoms with Crippen molar-refractivity contribution < 1.29 is 18.4 Å². The molecular formula is C11H4Br2F2N2O3. The van der Waals surface area contributed by atoms with Crippen molar-refractivity contribution in [2.75, 3.05) is 0 Å². The van der Waals surface area contributed by atoms with Crippen LogP contribution in [0.15, 0.2) is 33.3 Å². The van der Waals surface area contributed by atoms with Crippen molar-refractivity contribution >= 4 is 37.5 Å². The summed E-state index contributed by atoms with van der Waals surface area (Å²) in [5, 5.41) is 10.9. The zero-order valence-corrected chi connectivity index (χ0v) is 12.6. The highest BCUT2D eigenvalue weighted by molar-refractivity contribution is 9.10. The van der Waals surface area contributed by atoms with E-state index in [0.29, 0.717) is 4.47 Å². The number of nitro benzene ring substituents is 1. The molecule has 20 heavy (non-hydrogen) atoms. The summed E-state index contributed by atoms with van der Waals surface area (Å²) in [7, 11) is 0. The van der Waals surface area contributed by atoms with Gasteiger partial charge in [-0.05, 0) is 37.9 Å². The molecule has 0 saturated heterocycles. The quantitative estimate of drug-likeness (QED) is 0.549. The van der Waals surface area contributed by atoms with Crippen molar-refractivity contribution in [1.82, 2.24) is 4.98 Å². The van der Waals surface area contributed by atoms with Crippen molar-refractivity contribution in [1.29, 1.82) is 0 Å². The molecule has 0 bridgehead atoms. The first-order chi connectivity index (χ1) is 9.38. The highest BCUT2D eigenvalue weighted by Crippen LogP contribution is 2.35. The number of benzene rings is 1. The van der Waals surface area contributed by atoms with Gasteiger partial charge < -0.3 is 4.74 Å². The van der Waals surface area contributed by atoms with Crippen LogP contribution in [0.1, 0.15) is 0 Å². The predicted octanol–water partition coefficient (Wildman–Crippen LogP) is 4.59. The van der Waals surface area contributed by atoms with Crippen molar-refractivity contribution in [3.8, 4) is 11.6 Å². The average molecular weight is 410 g/mol. The van der Waals surface area contributed by atoms with Crippen molar-refractivity contribution in [3.63, 3.8) is 0 Å². The smallest absolute Gasteiger partial charge is 0.312 e. The third-order valence-corrected chi connectivity index (χ3v) is 3.22. The number of halogens is 4. The summed E-state index contributed by atoms with van der Waals surface area (Å²) in [6.07, 6.45) is 1.25. The summed E-state index contributed by atoms with van der Waals surface area (Å²) in [4.78, 5) is 13.7. The second-order valence-corrected chi connectivity index (χ2v) is 5.30. The first kappa shape index (κ1) is 14.8. The number of hydrogen-bond acceptors (Lipinski definition) is 4. The molecule has 2 rings (SSSR count). The van der Waals surface area contributed by atoms with E-state index in [-0.39, 0.29) is 4.47 Å². The van der Waals surface area contributed by atoms with Gasteiger partial charge in [0.15, 0.2) is 5.82 Å². The van der Waals surface area contributed by atoms with E-state index in [4.69, 9.17) is 4.74 Å². The van der Waals surface area contributed by atoms with E-state index >= 15 is 0 Å². The van der Waals surface area contributed by atoms with Crippen LogP contribution in [0.25, 0.3) is 0 Å². The van der Waals surface area contributed by atoms with Crippen molar-refractivity contribution in [3.05, 3.63) is 55.1 Å². The number of hydrogen-bond donors (Lipinski definition) is 0. The minimum atomic E-state index is -0.836. The Morgan fingerprint density at radius 2 is 1.90 bits per heavy atom. The molecule has 0 aliphatic carbocycles. The van der Waals surface area contributed by atoms with Crippen LogP contribution in [0.3, 0.4) is 0 Å². The van der Waals surface area contributed by atoms with Gasteiger partial charge in [-0.25, -0.2) is 13.8 Å². The number of nitro groups is 1. The van der Waals surface area contributed by atoms with Crippen LogP contribution in [0.2, 0.25) is 0 Å². The number of nitrogens with zero attached hydrogens (tertiary/aromatic N) is 2. The summed E-state index contributed by atoms with van der Waals surface area (Å²) in [6.45, 7) is 0. The van der Waals surface area contributed by atoms with Crippen LogP contribution in [0, 0.1) is 21.7 Å². The van der Waals surface area contributed by atoms with Gasteiger partial charge in [-0.2, -0.15) is 0 Å². The molecule has 0 saturated carbocycles. The number of ether oxygens (including phenoxy) is 1. The maximum Gasteiger partial charge on any atom is 0.312 e. The molecule has 1 aromatic heterocycles. The molecule has 0 N–H and O–H groups in total. The summed E-state index contributed by atoms with van der Waals surface area (Å²) >= 11 is 5.84. The lowest BCUT2D eigenvalue weighted by Crippen LogP contribution is -1.98. The van der Waals surface area contributed by atoms with E-state index in [1.165, 1.54) is 6.20 Å². The highest BCUT2D eigenvalue weighted by atomic mass is 79.9. The molecule has 1 heterocycles. The van der Waals surface area contributed by atoms with Crippen LogP contribution >= 0.6 is 31.9 Å². The van der Waals surface area contributed by atoms with Gasteiger partial charge in [-0.15, -0.1) is 0 Å². The summed E-state index contributed by atoms with van der Waals surface area (Å²) in [6, 6.07) is 2.79. The maximum atomic E-state index is 13.6. The SMILES string of the molecule is O=[N+]([O-])c1cc(Br)c(F)cc1Oc1ncc(Br)cc1F. The monoisotopic (exact) mass is 408 g/mol.